The number of sulfonamides is 2. The van der Waals surface area contributed by atoms with Crippen molar-refractivity contribution in [2.75, 3.05) is 32.7 Å². The molecule has 13 heteroatoms. The molecule has 2 aliphatic rings. The molecule has 1 saturated heterocycles. The molecule has 2 aliphatic heterocycles. The third-order valence-electron chi connectivity index (χ3n) is 4.94. The van der Waals surface area contributed by atoms with Crippen LogP contribution >= 0.6 is 11.3 Å². The van der Waals surface area contributed by atoms with Gasteiger partial charge in [-0.3, -0.25) is 9.69 Å². The number of thiophene rings is 1. The second kappa shape index (κ2) is 7.06. The number of primary sulfonamides is 1. The fraction of sp³-hybridized carbons (Fsp3) is 0.643. The van der Waals surface area contributed by atoms with E-state index in [-0.39, 0.29) is 26.4 Å². The molecule has 1 aromatic heterocycles. The van der Waals surface area contributed by atoms with E-state index in [2.05, 4.69) is 0 Å². The van der Waals surface area contributed by atoms with E-state index in [1.807, 2.05) is 4.90 Å². The van der Waals surface area contributed by atoms with Gasteiger partial charge >= 0.3 is 0 Å². The number of hydrogen-bond donors (Lipinski definition) is 2. The zero-order valence-electron chi connectivity index (χ0n) is 14.9. The van der Waals surface area contributed by atoms with E-state index in [0.717, 1.165) is 6.07 Å². The highest BCUT2D eigenvalue weighted by atomic mass is 32.3. The van der Waals surface area contributed by atoms with Crippen LogP contribution in [0.3, 0.4) is 0 Å². The molecule has 1 fully saturated rings. The molecule has 0 saturated carbocycles. The van der Waals surface area contributed by atoms with Crippen LogP contribution in [0, 0.1) is 0 Å². The monoisotopic (exact) mass is 438 g/mol. The van der Waals surface area contributed by atoms with Gasteiger partial charge in [0, 0.05) is 45.2 Å². The first kappa shape index (κ1) is 20.6. The number of carbonyl (C=O) groups excluding carboxylic acids is 1. The summed E-state index contributed by atoms with van der Waals surface area (Å²) in [7, 11) is -8.05. The average Bonchev–Trinajstić information content (AvgIpc) is 3.05. The third kappa shape index (κ3) is 3.77. The maximum atomic E-state index is 13.0. The van der Waals surface area contributed by atoms with E-state index >= 15 is 0 Å². The van der Waals surface area contributed by atoms with Gasteiger partial charge in [-0.2, -0.15) is 4.31 Å². The van der Waals surface area contributed by atoms with Crippen molar-refractivity contribution in [1.29, 1.82) is 0 Å². The van der Waals surface area contributed by atoms with Crippen LogP contribution in [0.5, 0.6) is 0 Å². The molecular formula is C14H22N4O6S3. The number of amides is 1. The Bertz CT molecular complexity index is 949. The first-order valence-electron chi connectivity index (χ1n) is 8.29. The fourth-order valence-electron chi connectivity index (χ4n) is 3.36. The van der Waals surface area contributed by atoms with Gasteiger partial charge in [0.15, 0.2) is 0 Å². The van der Waals surface area contributed by atoms with Crippen LogP contribution in [0.4, 0.5) is 0 Å². The summed E-state index contributed by atoms with van der Waals surface area (Å²) in [6.45, 7) is 5.03. The lowest BCUT2D eigenvalue weighted by atomic mass is 10.2. The second-order valence-electron chi connectivity index (χ2n) is 6.62. The second-order valence-corrected chi connectivity index (χ2v) is 11.5. The summed E-state index contributed by atoms with van der Waals surface area (Å²) >= 11 is 0.551. The minimum absolute atomic E-state index is 0.0259. The van der Waals surface area contributed by atoms with Crippen LogP contribution in [0.2, 0.25) is 0 Å². The van der Waals surface area contributed by atoms with Crippen molar-refractivity contribution in [3.63, 3.8) is 0 Å². The highest BCUT2D eigenvalue weighted by molar-refractivity contribution is 7.94. The molecule has 0 aliphatic carbocycles. The topological polar surface area (TPSA) is 141 Å². The number of aliphatic hydroxyl groups is 1. The number of nitrogens with zero attached hydrogens (tertiary/aromatic N) is 3. The smallest absolute Gasteiger partial charge is 0.254 e. The van der Waals surface area contributed by atoms with Gasteiger partial charge in [-0.25, -0.2) is 22.0 Å². The lowest BCUT2D eigenvalue weighted by Gasteiger charge is -2.43. The highest BCUT2D eigenvalue weighted by Crippen LogP contribution is 2.40. The summed E-state index contributed by atoms with van der Waals surface area (Å²) in [5.74, 6) is -0.0259. The van der Waals surface area contributed by atoms with Crippen molar-refractivity contribution in [2.24, 2.45) is 5.14 Å². The Kier molecular flexibility index (Phi) is 5.40. The molecule has 27 heavy (non-hydrogen) atoms. The predicted octanol–water partition coefficient (Wildman–Crippen LogP) is -1.06. The Morgan fingerprint density at radius 1 is 1.33 bits per heavy atom. The summed E-state index contributed by atoms with van der Waals surface area (Å²) in [4.78, 5) is 15.1. The normalized spacial score (nSPS) is 25.2. The molecule has 3 rings (SSSR count). The molecule has 0 spiro atoms. The number of carbonyl (C=O) groups is 1. The van der Waals surface area contributed by atoms with Gasteiger partial charge in [-0.05, 0) is 13.0 Å². The van der Waals surface area contributed by atoms with E-state index in [4.69, 9.17) is 5.14 Å². The standard InChI is InChI=1S/C14H22N4O6S3/c1-9(16-3-5-17(6-4-16)10(2)19)18-8-12(20)11-7-13(26(15,21)22)25-14(11)27(18,23)24/h7,9,12,20H,3-6,8H2,1-2H3,(H2,15,21,22). The zero-order valence-corrected chi connectivity index (χ0v) is 17.3. The van der Waals surface area contributed by atoms with E-state index in [1.165, 1.54) is 11.2 Å². The van der Waals surface area contributed by atoms with Gasteiger partial charge in [0.1, 0.15) is 8.42 Å². The Morgan fingerprint density at radius 2 is 1.93 bits per heavy atom. The number of β-amino-alcohol motifs (C(OH)–C–C–N with tert-alkyl or cyclic N) is 1. The van der Waals surface area contributed by atoms with Crippen LogP contribution in [0.15, 0.2) is 14.5 Å². The number of fused-ring (bicyclic) bond motifs is 1. The van der Waals surface area contributed by atoms with Gasteiger partial charge in [0.2, 0.25) is 15.9 Å². The van der Waals surface area contributed by atoms with Gasteiger partial charge in [0.25, 0.3) is 10.0 Å². The molecule has 2 unspecified atom stereocenters. The molecule has 10 nitrogen and oxygen atoms in total. The molecule has 0 bridgehead atoms. The quantitative estimate of drug-likeness (QED) is 0.613. The Balaban J connectivity index is 1.88. The molecule has 1 aromatic rings. The SMILES string of the molecule is CC(=O)N1CCN(C(C)N2CC(O)c3cc(S(N)(=O)=O)sc3S2(=O)=O)CC1. The van der Waals surface area contributed by atoms with Crippen molar-refractivity contribution < 1.29 is 26.7 Å². The third-order valence-corrected chi connectivity index (χ3v) is 9.97. The van der Waals surface area contributed by atoms with Gasteiger partial charge in [-0.1, -0.05) is 0 Å². The summed E-state index contributed by atoms with van der Waals surface area (Å²) in [5, 5.41) is 15.5. The molecule has 0 radical (unpaired) electrons. The van der Waals surface area contributed by atoms with Crippen molar-refractivity contribution in [1.82, 2.24) is 14.1 Å². The van der Waals surface area contributed by atoms with Crippen molar-refractivity contribution in [2.45, 2.75) is 34.5 Å². The maximum absolute atomic E-state index is 13.0. The first-order valence-corrected chi connectivity index (χ1v) is 12.1. The summed E-state index contributed by atoms with van der Waals surface area (Å²) in [5.41, 5.74) is 0.0638. The fourth-order valence-corrected chi connectivity index (χ4v) is 7.76. The summed E-state index contributed by atoms with van der Waals surface area (Å²) < 4.78 is 49.9. The first-order chi connectivity index (χ1) is 12.4. The highest BCUT2D eigenvalue weighted by Gasteiger charge is 2.43. The molecule has 0 aromatic carbocycles. The number of aliphatic hydroxyl groups excluding tert-OH is 1. The van der Waals surface area contributed by atoms with Crippen LogP contribution in [-0.2, 0) is 24.8 Å². The number of hydrogen-bond acceptors (Lipinski definition) is 8. The predicted molar refractivity (Wildman–Crippen MR) is 97.8 cm³/mol. The number of piperazine rings is 1. The van der Waals surface area contributed by atoms with Crippen molar-refractivity contribution in [3.05, 3.63) is 11.6 Å². The molecule has 2 atom stereocenters. The largest absolute Gasteiger partial charge is 0.387 e. The van der Waals surface area contributed by atoms with Crippen LogP contribution in [0.1, 0.15) is 25.5 Å². The molecule has 1 amide bonds. The van der Waals surface area contributed by atoms with Crippen LogP contribution < -0.4 is 5.14 Å². The molecule has 3 N–H and O–H groups in total. The lowest BCUT2D eigenvalue weighted by Crippen LogP contribution is -2.57. The Hall–Kier alpha value is -1.09. The lowest BCUT2D eigenvalue weighted by molar-refractivity contribution is -0.131. The summed E-state index contributed by atoms with van der Waals surface area (Å²) in [6, 6.07) is 1.13. The van der Waals surface area contributed by atoms with Gasteiger partial charge in [0.05, 0.1) is 12.3 Å². The minimum atomic E-state index is -4.07. The number of nitrogens with two attached hydrogens (primary N) is 1. The van der Waals surface area contributed by atoms with Crippen molar-refractivity contribution in [3.8, 4) is 0 Å². The van der Waals surface area contributed by atoms with Gasteiger partial charge < -0.3 is 10.0 Å². The summed E-state index contributed by atoms with van der Waals surface area (Å²) in [6.07, 6.45) is -1.69. The van der Waals surface area contributed by atoms with E-state index in [0.29, 0.717) is 37.5 Å². The van der Waals surface area contributed by atoms with E-state index < -0.39 is 32.3 Å². The molecule has 3 heterocycles. The molecular weight excluding hydrogens is 416 g/mol. The Morgan fingerprint density at radius 3 is 2.44 bits per heavy atom. The van der Waals surface area contributed by atoms with E-state index in [1.54, 1.807) is 11.8 Å². The van der Waals surface area contributed by atoms with Gasteiger partial charge in [-0.15, -0.1) is 11.3 Å². The zero-order chi connectivity index (χ0) is 20.1. The molecule has 152 valence electrons. The van der Waals surface area contributed by atoms with Crippen molar-refractivity contribution >= 4 is 37.3 Å². The minimum Gasteiger partial charge on any atom is -0.387 e. The van der Waals surface area contributed by atoms with Crippen LogP contribution in [0.25, 0.3) is 0 Å². The number of rotatable bonds is 3. The maximum Gasteiger partial charge on any atom is 0.254 e. The Labute approximate surface area is 162 Å². The average molecular weight is 439 g/mol. The van der Waals surface area contributed by atoms with Crippen LogP contribution in [-0.4, -0.2) is 80.8 Å². The van der Waals surface area contributed by atoms with E-state index in [9.17, 15) is 26.7 Å².